The highest BCUT2D eigenvalue weighted by molar-refractivity contribution is 9.10. The van der Waals surface area contributed by atoms with Gasteiger partial charge in [0.05, 0.1) is 11.7 Å². The molecule has 0 aliphatic rings. The van der Waals surface area contributed by atoms with Crippen molar-refractivity contribution in [1.29, 1.82) is 0 Å². The van der Waals surface area contributed by atoms with Crippen molar-refractivity contribution < 1.29 is 4.39 Å². The van der Waals surface area contributed by atoms with Gasteiger partial charge in [0.25, 0.3) is 0 Å². The molecule has 0 saturated carbocycles. The van der Waals surface area contributed by atoms with Gasteiger partial charge in [-0.25, -0.2) is 13.9 Å². The van der Waals surface area contributed by atoms with Gasteiger partial charge in [-0.15, -0.1) is 0 Å². The maximum absolute atomic E-state index is 12.8. The molecule has 2 aromatic heterocycles. The Morgan fingerprint density at radius 1 is 1.55 bits per heavy atom. The number of rotatable bonds is 0. The van der Waals surface area contributed by atoms with Gasteiger partial charge in [-0.1, -0.05) is 0 Å². The van der Waals surface area contributed by atoms with Crippen LogP contribution in [0.15, 0.2) is 23.2 Å². The first-order valence-electron chi connectivity index (χ1n) is 2.92. The van der Waals surface area contributed by atoms with E-state index < -0.39 is 0 Å². The van der Waals surface area contributed by atoms with E-state index in [9.17, 15) is 4.39 Å². The summed E-state index contributed by atoms with van der Waals surface area (Å²) in [7, 11) is 0. The second-order valence-electron chi connectivity index (χ2n) is 2.03. The van der Waals surface area contributed by atoms with Crippen LogP contribution in [-0.4, -0.2) is 14.6 Å². The summed E-state index contributed by atoms with van der Waals surface area (Å²) in [6, 6.07) is 1.37. The van der Waals surface area contributed by atoms with Crippen molar-refractivity contribution in [3.63, 3.8) is 0 Å². The van der Waals surface area contributed by atoms with Gasteiger partial charge < -0.3 is 0 Å². The zero-order chi connectivity index (χ0) is 7.84. The summed E-state index contributed by atoms with van der Waals surface area (Å²) < 4.78 is 14.6. The zero-order valence-corrected chi connectivity index (χ0v) is 6.92. The van der Waals surface area contributed by atoms with Gasteiger partial charge in [-0.3, -0.25) is 0 Å². The zero-order valence-electron chi connectivity index (χ0n) is 5.33. The number of hydrogen-bond donors (Lipinski definition) is 0. The van der Waals surface area contributed by atoms with Crippen molar-refractivity contribution in [1.82, 2.24) is 14.6 Å². The van der Waals surface area contributed by atoms with Gasteiger partial charge in [0.2, 0.25) is 0 Å². The number of aromatic nitrogens is 3. The maximum Gasteiger partial charge on any atom is 0.158 e. The van der Waals surface area contributed by atoms with Crippen LogP contribution in [0.1, 0.15) is 0 Å². The first-order chi connectivity index (χ1) is 5.29. The van der Waals surface area contributed by atoms with Gasteiger partial charge in [0.1, 0.15) is 10.9 Å². The molecule has 11 heavy (non-hydrogen) atoms. The molecule has 0 aliphatic heterocycles. The Balaban J connectivity index is 2.92. The highest BCUT2D eigenvalue weighted by atomic mass is 79.9. The molecule has 0 aliphatic carbocycles. The van der Waals surface area contributed by atoms with Crippen molar-refractivity contribution in [3.8, 4) is 0 Å². The molecule has 0 radical (unpaired) electrons. The van der Waals surface area contributed by atoms with Crippen LogP contribution >= 0.6 is 15.9 Å². The lowest BCUT2D eigenvalue weighted by molar-refractivity contribution is 0.616. The quantitative estimate of drug-likeness (QED) is 0.669. The Kier molecular flexibility index (Phi) is 1.38. The molecule has 2 heterocycles. The van der Waals surface area contributed by atoms with Gasteiger partial charge in [-0.05, 0) is 15.9 Å². The van der Waals surface area contributed by atoms with E-state index in [1.165, 1.54) is 16.9 Å². The molecule has 0 bridgehead atoms. The average molecular weight is 216 g/mol. The largest absolute Gasteiger partial charge is 0.241 e. The lowest BCUT2D eigenvalue weighted by Gasteiger charge is -1.90. The lowest BCUT2D eigenvalue weighted by Crippen LogP contribution is -1.90. The third-order valence-electron chi connectivity index (χ3n) is 1.34. The second-order valence-corrected chi connectivity index (χ2v) is 2.78. The van der Waals surface area contributed by atoms with E-state index in [4.69, 9.17) is 0 Å². The van der Waals surface area contributed by atoms with Gasteiger partial charge in [-0.2, -0.15) is 5.10 Å². The van der Waals surface area contributed by atoms with Crippen LogP contribution in [0.5, 0.6) is 0 Å². The Bertz CT molecular complexity index is 398. The van der Waals surface area contributed by atoms with E-state index in [1.54, 1.807) is 6.20 Å². The molecule has 0 N–H and O–H groups in total. The van der Waals surface area contributed by atoms with Gasteiger partial charge >= 0.3 is 0 Å². The van der Waals surface area contributed by atoms with E-state index in [2.05, 4.69) is 26.0 Å². The molecule has 5 heteroatoms. The van der Waals surface area contributed by atoms with Gasteiger partial charge in [0.15, 0.2) is 5.82 Å². The van der Waals surface area contributed by atoms with E-state index >= 15 is 0 Å². The third kappa shape index (κ3) is 0.920. The van der Waals surface area contributed by atoms with E-state index in [1.807, 2.05) is 0 Å². The summed E-state index contributed by atoms with van der Waals surface area (Å²) >= 11 is 3.05. The molecule has 0 aromatic carbocycles. The first kappa shape index (κ1) is 6.72. The van der Waals surface area contributed by atoms with Crippen LogP contribution in [0.4, 0.5) is 4.39 Å². The minimum atomic E-state index is -0.328. The van der Waals surface area contributed by atoms with Crippen molar-refractivity contribution in [2.45, 2.75) is 0 Å². The summed E-state index contributed by atoms with van der Waals surface area (Å²) in [6.07, 6.45) is 2.90. The van der Waals surface area contributed by atoms with Crippen LogP contribution < -0.4 is 0 Å². The highest BCUT2D eigenvalue weighted by Crippen LogP contribution is 2.17. The molecular weight excluding hydrogens is 213 g/mol. The number of hydrogen-bond acceptors (Lipinski definition) is 2. The molecule has 3 nitrogen and oxygen atoms in total. The van der Waals surface area contributed by atoms with Crippen molar-refractivity contribution >= 4 is 21.4 Å². The Morgan fingerprint density at radius 3 is 3.09 bits per heavy atom. The minimum absolute atomic E-state index is 0.328. The van der Waals surface area contributed by atoms with Crippen LogP contribution in [0, 0.1) is 5.82 Å². The van der Waals surface area contributed by atoms with Crippen molar-refractivity contribution in [2.24, 2.45) is 0 Å². The minimum Gasteiger partial charge on any atom is -0.241 e. The fraction of sp³-hybridized carbons (Fsp3) is 0. The molecular formula is C6H3BrFN3. The van der Waals surface area contributed by atoms with Gasteiger partial charge in [0, 0.05) is 6.07 Å². The predicted octanol–water partition coefficient (Wildman–Crippen LogP) is 1.63. The van der Waals surface area contributed by atoms with E-state index in [-0.39, 0.29) is 5.82 Å². The third-order valence-corrected chi connectivity index (χ3v) is 2.06. The Hall–Kier alpha value is -0.970. The smallest absolute Gasteiger partial charge is 0.158 e. The van der Waals surface area contributed by atoms with E-state index in [0.717, 1.165) is 0 Å². The summed E-state index contributed by atoms with van der Waals surface area (Å²) in [5.74, 6) is -0.328. The predicted molar refractivity (Wildman–Crippen MR) is 40.6 cm³/mol. The summed E-state index contributed by atoms with van der Waals surface area (Å²) in [5, 5.41) is 3.82. The summed E-state index contributed by atoms with van der Waals surface area (Å²) in [4.78, 5) is 3.75. The molecule has 0 spiro atoms. The van der Waals surface area contributed by atoms with Crippen LogP contribution in [0.3, 0.4) is 0 Å². The summed E-state index contributed by atoms with van der Waals surface area (Å²) in [6.45, 7) is 0. The maximum atomic E-state index is 12.8. The van der Waals surface area contributed by atoms with Crippen LogP contribution in [0.25, 0.3) is 5.52 Å². The molecule has 0 saturated heterocycles. The highest BCUT2D eigenvalue weighted by Gasteiger charge is 2.06. The molecule has 0 unspecified atom stereocenters. The van der Waals surface area contributed by atoms with E-state index in [0.29, 0.717) is 10.1 Å². The molecule has 0 atom stereocenters. The fourth-order valence-corrected chi connectivity index (χ4v) is 1.28. The topological polar surface area (TPSA) is 30.2 Å². The van der Waals surface area contributed by atoms with Crippen molar-refractivity contribution in [3.05, 3.63) is 29.0 Å². The molecule has 0 amide bonds. The monoisotopic (exact) mass is 215 g/mol. The first-order valence-corrected chi connectivity index (χ1v) is 3.71. The average Bonchev–Trinajstić information content (AvgIpc) is 2.30. The normalized spacial score (nSPS) is 10.7. The molecule has 2 aromatic rings. The molecule has 56 valence electrons. The Morgan fingerprint density at radius 2 is 2.36 bits per heavy atom. The summed E-state index contributed by atoms with van der Waals surface area (Å²) in [5.41, 5.74) is 0.636. The van der Waals surface area contributed by atoms with Crippen LogP contribution in [-0.2, 0) is 0 Å². The number of fused-ring (bicyclic) bond motifs is 1. The number of halogens is 2. The second kappa shape index (κ2) is 2.27. The fourth-order valence-electron chi connectivity index (χ4n) is 0.866. The van der Waals surface area contributed by atoms with Crippen LogP contribution in [0.2, 0.25) is 0 Å². The molecule has 0 fully saturated rings. The van der Waals surface area contributed by atoms with Crippen molar-refractivity contribution in [2.75, 3.05) is 0 Å². The lowest BCUT2D eigenvalue weighted by atomic mass is 10.5. The Labute approximate surface area is 70.0 Å². The number of nitrogens with zero attached hydrogens (tertiary/aromatic N) is 3. The molecule has 2 rings (SSSR count). The standard InChI is InChI=1S/C6H3BrFN3/c7-6-5(8)1-4-2-9-3-10-11(4)6/h1-3H. The SMILES string of the molecule is Fc1cc2cncnn2c1Br.